The Labute approximate surface area is 138 Å². The molecule has 0 spiro atoms. The molecule has 1 aliphatic rings. The highest BCUT2D eigenvalue weighted by Crippen LogP contribution is 2.19. The van der Waals surface area contributed by atoms with Crippen LogP contribution in [0.25, 0.3) is 0 Å². The summed E-state index contributed by atoms with van der Waals surface area (Å²) < 4.78 is 2.06. The van der Waals surface area contributed by atoms with E-state index < -0.39 is 0 Å². The van der Waals surface area contributed by atoms with Crippen molar-refractivity contribution in [3.8, 4) is 0 Å². The zero-order valence-corrected chi connectivity index (χ0v) is 15.2. The third kappa shape index (κ3) is 5.43. The number of likely N-dealkylation sites (tertiary alicyclic amines) is 1. The average molecular weight is 405 g/mol. The molecule has 0 radical (unpaired) electrons. The van der Waals surface area contributed by atoms with E-state index in [9.17, 15) is 0 Å². The van der Waals surface area contributed by atoms with Gasteiger partial charge in [0, 0.05) is 28.2 Å². The van der Waals surface area contributed by atoms with Gasteiger partial charge in [-0.05, 0) is 76.3 Å². The average Bonchev–Trinajstić information content (AvgIpc) is 2.42. The van der Waals surface area contributed by atoms with E-state index in [4.69, 9.17) is 0 Å². The summed E-state index contributed by atoms with van der Waals surface area (Å²) in [5, 5.41) is 3.52. The van der Waals surface area contributed by atoms with Gasteiger partial charge in [-0.3, -0.25) is 4.98 Å². The highest BCUT2D eigenvalue weighted by atomic mass is 79.9. The van der Waals surface area contributed by atoms with Crippen LogP contribution in [0.3, 0.4) is 0 Å². The van der Waals surface area contributed by atoms with Crippen LogP contribution >= 0.6 is 31.9 Å². The molecule has 1 N–H and O–H groups in total. The first-order chi connectivity index (χ1) is 9.65. The molecule has 0 bridgehead atoms. The molecule has 0 aromatic carbocycles. The van der Waals surface area contributed by atoms with Crippen LogP contribution in [0.2, 0.25) is 0 Å². The van der Waals surface area contributed by atoms with E-state index >= 15 is 0 Å². The quantitative estimate of drug-likeness (QED) is 0.780. The zero-order valence-electron chi connectivity index (χ0n) is 12.0. The van der Waals surface area contributed by atoms with Gasteiger partial charge in [0.15, 0.2) is 0 Å². The molecule has 2 rings (SSSR count). The highest BCUT2D eigenvalue weighted by Gasteiger charge is 2.13. The molecule has 0 amide bonds. The molecule has 3 nitrogen and oxygen atoms in total. The van der Waals surface area contributed by atoms with Crippen molar-refractivity contribution in [3.63, 3.8) is 0 Å². The fourth-order valence-electron chi connectivity index (χ4n) is 2.66. The molecule has 1 unspecified atom stereocenters. The molecular formula is C15H23Br2N3. The summed E-state index contributed by atoms with van der Waals surface area (Å²) in [5.74, 6) is 0.683. The number of pyridine rings is 1. The van der Waals surface area contributed by atoms with Crippen molar-refractivity contribution in [1.82, 2.24) is 15.2 Å². The standard InChI is InChI=1S/C15H23Br2N3/c1-12(11-20-5-3-2-4-6-20)8-18-10-15-14(17)7-13(16)9-19-15/h7,9,12,18H,2-6,8,10-11H2,1H3. The van der Waals surface area contributed by atoms with Crippen LogP contribution in [-0.2, 0) is 6.54 Å². The van der Waals surface area contributed by atoms with Crippen LogP contribution in [0.1, 0.15) is 31.9 Å². The lowest BCUT2D eigenvalue weighted by Crippen LogP contribution is -2.36. The molecule has 1 atom stereocenters. The number of hydrogen-bond acceptors (Lipinski definition) is 3. The van der Waals surface area contributed by atoms with Gasteiger partial charge < -0.3 is 10.2 Å². The summed E-state index contributed by atoms with van der Waals surface area (Å²) in [6.45, 7) is 7.96. The van der Waals surface area contributed by atoms with E-state index in [0.29, 0.717) is 5.92 Å². The number of rotatable bonds is 6. The van der Waals surface area contributed by atoms with Crippen molar-refractivity contribution in [2.24, 2.45) is 5.92 Å². The summed E-state index contributed by atoms with van der Waals surface area (Å²) in [7, 11) is 0. The van der Waals surface area contributed by atoms with Crippen LogP contribution in [-0.4, -0.2) is 36.1 Å². The summed E-state index contributed by atoms with van der Waals surface area (Å²) >= 11 is 6.98. The van der Waals surface area contributed by atoms with Crippen molar-refractivity contribution >= 4 is 31.9 Å². The number of nitrogens with zero attached hydrogens (tertiary/aromatic N) is 2. The predicted molar refractivity (Wildman–Crippen MR) is 90.8 cm³/mol. The van der Waals surface area contributed by atoms with Gasteiger partial charge >= 0.3 is 0 Å². The Morgan fingerprint density at radius 2 is 2.05 bits per heavy atom. The lowest BCUT2D eigenvalue weighted by molar-refractivity contribution is 0.199. The van der Waals surface area contributed by atoms with Gasteiger partial charge in [-0.15, -0.1) is 0 Å². The molecule has 2 heterocycles. The Balaban J connectivity index is 1.69. The van der Waals surface area contributed by atoms with Crippen LogP contribution in [0.4, 0.5) is 0 Å². The maximum absolute atomic E-state index is 4.42. The van der Waals surface area contributed by atoms with Gasteiger partial charge in [-0.1, -0.05) is 13.3 Å². The lowest BCUT2D eigenvalue weighted by atomic mass is 10.1. The van der Waals surface area contributed by atoms with Crippen LogP contribution in [0.15, 0.2) is 21.2 Å². The van der Waals surface area contributed by atoms with Gasteiger partial charge in [-0.2, -0.15) is 0 Å². The topological polar surface area (TPSA) is 28.2 Å². The Hall–Kier alpha value is 0.0300. The van der Waals surface area contributed by atoms with Crippen molar-refractivity contribution in [3.05, 3.63) is 26.9 Å². The summed E-state index contributed by atoms with van der Waals surface area (Å²) in [4.78, 5) is 7.02. The molecule has 0 saturated carbocycles. The Kier molecular flexibility index (Phi) is 6.94. The molecule has 1 saturated heterocycles. The number of aromatic nitrogens is 1. The monoisotopic (exact) mass is 403 g/mol. The fraction of sp³-hybridized carbons (Fsp3) is 0.667. The molecular weight excluding hydrogens is 382 g/mol. The maximum Gasteiger partial charge on any atom is 0.0684 e. The molecule has 1 fully saturated rings. The first-order valence-electron chi connectivity index (χ1n) is 7.38. The minimum Gasteiger partial charge on any atom is -0.311 e. The first-order valence-corrected chi connectivity index (χ1v) is 8.96. The molecule has 1 aliphatic heterocycles. The van der Waals surface area contributed by atoms with Crippen molar-refractivity contribution in [1.29, 1.82) is 0 Å². The molecule has 1 aromatic heterocycles. The van der Waals surface area contributed by atoms with Gasteiger partial charge in [0.1, 0.15) is 0 Å². The Morgan fingerprint density at radius 3 is 2.75 bits per heavy atom. The molecule has 20 heavy (non-hydrogen) atoms. The largest absolute Gasteiger partial charge is 0.311 e. The second-order valence-corrected chi connectivity index (χ2v) is 7.45. The number of nitrogens with one attached hydrogen (secondary N) is 1. The second-order valence-electron chi connectivity index (χ2n) is 5.68. The normalized spacial score (nSPS) is 18.1. The van der Waals surface area contributed by atoms with Crippen molar-refractivity contribution in [2.45, 2.75) is 32.7 Å². The number of piperidine rings is 1. The minimum atomic E-state index is 0.683. The lowest BCUT2D eigenvalue weighted by Gasteiger charge is -2.29. The first kappa shape index (κ1) is 16.4. The van der Waals surface area contributed by atoms with E-state index in [-0.39, 0.29) is 0 Å². The molecule has 5 heteroatoms. The SMILES string of the molecule is CC(CNCc1ncc(Br)cc1Br)CN1CCCCC1. The number of hydrogen-bond donors (Lipinski definition) is 1. The minimum absolute atomic E-state index is 0.683. The van der Waals surface area contributed by atoms with Gasteiger partial charge in [0.2, 0.25) is 0 Å². The Morgan fingerprint density at radius 1 is 1.30 bits per heavy atom. The van der Waals surface area contributed by atoms with Crippen LogP contribution in [0.5, 0.6) is 0 Å². The van der Waals surface area contributed by atoms with E-state index in [0.717, 1.165) is 27.7 Å². The third-order valence-electron chi connectivity index (χ3n) is 3.69. The van der Waals surface area contributed by atoms with E-state index in [1.54, 1.807) is 0 Å². The van der Waals surface area contributed by atoms with Gasteiger partial charge in [0.05, 0.1) is 5.69 Å². The Bertz CT molecular complexity index is 420. The second kappa shape index (κ2) is 8.47. The summed E-state index contributed by atoms with van der Waals surface area (Å²) in [6.07, 6.45) is 6.00. The summed E-state index contributed by atoms with van der Waals surface area (Å²) in [5.41, 5.74) is 1.07. The van der Waals surface area contributed by atoms with Gasteiger partial charge in [0.25, 0.3) is 0 Å². The predicted octanol–water partition coefficient (Wildman–Crippen LogP) is 3.82. The van der Waals surface area contributed by atoms with Crippen molar-refractivity contribution in [2.75, 3.05) is 26.2 Å². The smallest absolute Gasteiger partial charge is 0.0684 e. The number of halogens is 2. The van der Waals surface area contributed by atoms with E-state index in [1.807, 2.05) is 12.3 Å². The molecule has 1 aromatic rings. The third-order valence-corrected chi connectivity index (χ3v) is 4.81. The van der Waals surface area contributed by atoms with Gasteiger partial charge in [-0.25, -0.2) is 0 Å². The summed E-state index contributed by atoms with van der Waals surface area (Å²) in [6, 6.07) is 2.04. The van der Waals surface area contributed by atoms with E-state index in [2.05, 4.69) is 54.0 Å². The van der Waals surface area contributed by atoms with Crippen molar-refractivity contribution < 1.29 is 0 Å². The van der Waals surface area contributed by atoms with E-state index in [1.165, 1.54) is 38.9 Å². The zero-order chi connectivity index (χ0) is 14.4. The fourth-order valence-corrected chi connectivity index (χ4v) is 3.78. The van der Waals surface area contributed by atoms with Crippen LogP contribution < -0.4 is 5.32 Å². The van der Waals surface area contributed by atoms with Crippen LogP contribution in [0, 0.1) is 5.92 Å². The molecule has 0 aliphatic carbocycles. The molecule has 112 valence electrons. The highest BCUT2D eigenvalue weighted by molar-refractivity contribution is 9.11. The maximum atomic E-state index is 4.42.